The van der Waals surface area contributed by atoms with E-state index in [0.717, 1.165) is 23.3 Å². The third-order valence-electron chi connectivity index (χ3n) is 3.83. The van der Waals surface area contributed by atoms with E-state index in [1.807, 2.05) is 26.0 Å². The molecule has 2 N–H and O–H groups in total. The Morgan fingerprint density at radius 3 is 2.79 bits per heavy atom. The van der Waals surface area contributed by atoms with Crippen LogP contribution in [0, 0.1) is 11.8 Å². The molecule has 0 aliphatic carbocycles. The summed E-state index contributed by atoms with van der Waals surface area (Å²) in [5, 5.41) is 0.653. The number of alkyl halides is 1. The van der Waals surface area contributed by atoms with Crippen LogP contribution in [0.25, 0.3) is 0 Å². The van der Waals surface area contributed by atoms with E-state index in [2.05, 4.69) is 0 Å². The van der Waals surface area contributed by atoms with Gasteiger partial charge in [0, 0.05) is 23.8 Å². The Morgan fingerprint density at radius 1 is 1.42 bits per heavy atom. The van der Waals surface area contributed by atoms with Gasteiger partial charge in [0.15, 0.2) is 0 Å². The zero-order valence-electron chi connectivity index (χ0n) is 11.5. The molecule has 2 nitrogen and oxygen atoms in total. The highest BCUT2D eigenvalue weighted by molar-refractivity contribution is 6.30. The van der Waals surface area contributed by atoms with Crippen LogP contribution in [0.2, 0.25) is 5.02 Å². The van der Waals surface area contributed by atoms with Gasteiger partial charge in [-0.05, 0) is 35.7 Å². The third kappa shape index (κ3) is 3.21. The van der Waals surface area contributed by atoms with E-state index in [9.17, 15) is 4.39 Å². The smallest absolute Gasteiger partial charge is 0.126 e. The first-order valence-corrected chi connectivity index (χ1v) is 7.19. The lowest BCUT2D eigenvalue weighted by Crippen LogP contribution is -2.30. The number of rotatable bonds is 5. The van der Waals surface area contributed by atoms with E-state index >= 15 is 0 Å². The largest absolute Gasteiger partial charge is 0.493 e. The van der Waals surface area contributed by atoms with Gasteiger partial charge in [0.25, 0.3) is 0 Å². The standard InChI is InChI=1S/C15H21ClFNO/c1-9(2)13(8-18)14(17)7-11-6-12(16)5-10-3-4-19-15(10)11/h5-6,9,13-14H,3-4,7-8,18H2,1-2H3. The quantitative estimate of drug-likeness (QED) is 0.900. The molecule has 2 unspecified atom stereocenters. The highest BCUT2D eigenvalue weighted by Gasteiger charge is 2.26. The summed E-state index contributed by atoms with van der Waals surface area (Å²) in [4.78, 5) is 0. The summed E-state index contributed by atoms with van der Waals surface area (Å²) in [7, 11) is 0. The molecule has 1 heterocycles. The zero-order valence-corrected chi connectivity index (χ0v) is 12.2. The molecule has 0 saturated heterocycles. The molecule has 1 aromatic rings. The van der Waals surface area contributed by atoms with Crippen LogP contribution in [0.5, 0.6) is 5.75 Å². The molecular formula is C15H21ClFNO. The number of ether oxygens (including phenoxy) is 1. The van der Waals surface area contributed by atoms with Crippen LogP contribution in [0.1, 0.15) is 25.0 Å². The molecule has 2 atom stereocenters. The molecule has 0 spiro atoms. The van der Waals surface area contributed by atoms with Crippen LogP contribution in [-0.4, -0.2) is 19.3 Å². The minimum atomic E-state index is -0.961. The van der Waals surface area contributed by atoms with E-state index in [4.69, 9.17) is 22.1 Å². The molecular weight excluding hydrogens is 265 g/mol. The average molecular weight is 286 g/mol. The van der Waals surface area contributed by atoms with E-state index in [0.29, 0.717) is 24.6 Å². The van der Waals surface area contributed by atoms with Gasteiger partial charge in [-0.15, -0.1) is 0 Å². The van der Waals surface area contributed by atoms with Crippen molar-refractivity contribution < 1.29 is 9.13 Å². The predicted molar refractivity (Wildman–Crippen MR) is 76.6 cm³/mol. The summed E-state index contributed by atoms with van der Waals surface area (Å²) < 4.78 is 20.0. The maximum atomic E-state index is 14.4. The fraction of sp³-hybridized carbons (Fsp3) is 0.600. The lowest BCUT2D eigenvalue weighted by atomic mass is 9.87. The molecule has 1 aliphatic rings. The molecule has 0 aromatic heterocycles. The fourth-order valence-electron chi connectivity index (χ4n) is 2.70. The molecule has 0 amide bonds. The number of benzene rings is 1. The van der Waals surface area contributed by atoms with Crippen molar-refractivity contribution in [3.63, 3.8) is 0 Å². The molecule has 0 saturated carbocycles. The number of halogens is 2. The second-order valence-electron chi connectivity index (χ2n) is 5.52. The Bertz CT molecular complexity index is 450. The van der Waals surface area contributed by atoms with Gasteiger partial charge in [-0.1, -0.05) is 25.4 Å². The molecule has 0 bridgehead atoms. The first-order chi connectivity index (χ1) is 9.02. The molecule has 1 aromatic carbocycles. The predicted octanol–water partition coefficient (Wildman–Crippen LogP) is 3.39. The summed E-state index contributed by atoms with van der Waals surface area (Å²) in [6, 6.07) is 3.72. The van der Waals surface area contributed by atoms with Gasteiger partial charge in [-0.25, -0.2) is 4.39 Å². The molecule has 106 valence electrons. The van der Waals surface area contributed by atoms with Gasteiger partial charge >= 0.3 is 0 Å². The molecule has 19 heavy (non-hydrogen) atoms. The normalized spacial score (nSPS) is 17.2. The topological polar surface area (TPSA) is 35.2 Å². The fourth-order valence-corrected chi connectivity index (χ4v) is 2.96. The van der Waals surface area contributed by atoms with Crippen molar-refractivity contribution in [2.75, 3.05) is 13.2 Å². The lowest BCUT2D eigenvalue weighted by Gasteiger charge is -2.23. The first kappa shape index (κ1) is 14.6. The minimum Gasteiger partial charge on any atom is -0.493 e. The van der Waals surface area contributed by atoms with Gasteiger partial charge in [-0.2, -0.15) is 0 Å². The summed E-state index contributed by atoms with van der Waals surface area (Å²) in [5.74, 6) is 0.927. The zero-order chi connectivity index (χ0) is 14.0. The summed E-state index contributed by atoms with van der Waals surface area (Å²) in [6.45, 7) is 5.03. The summed E-state index contributed by atoms with van der Waals surface area (Å²) in [5.41, 5.74) is 7.63. The average Bonchev–Trinajstić information content (AvgIpc) is 2.77. The van der Waals surface area contributed by atoms with E-state index in [1.165, 1.54) is 0 Å². The monoisotopic (exact) mass is 285 g/mol. The number of hydrogen-bond acceptors (Lipinski definition) is 2. The third-order valence-corrected chi connectivity index (χ3v) is 4.05. The Kier molecular flexibility index (Phi) is 4.69. The van der Waals surface area contributed by atoms with Crippen LogP contribution >= 0.6 is 11.6 Å². The van der Waals surface area contributed by atoms with Crippen molar-refractivity contribution in [3.8, 4) is 5.75 Å². The van der Waals surface area contributed by atoms with Crippen molar-refractivity contribution >= 4 is 11.6 Å². The highest BCUT2D eigenvalue weighted by Crippen LogP contribution is 2.35. The maximum absolute atomic E-state index is 14.4. The minimum absolute atomic E-state index is 0.129. The molecule has 1 aliphatic heterocycles. The van der Waals surface area contributed by atoms with E-state index < -0.39 is 6.17 Å². The van der Waals surface area contributed by atoms with Crippen LogP contribution in [-0.2, 0) is 12.8 Å². The van der Waals surface area contributed by atoms with Crippen molar-refractivity contribution in [1.82, 2.24) is 0 Å². The van der Waals surface area contributed by atoms with Crippen LogP contribution in [0.15, 0.2) is 12.1 Å². The molecule has 4 heteroatoms. The van der Waals surface area contributed by atoms with Gasteiger partial charge in [0.1, 0.15) is 11.9 Å². The Morgan fingerprint density at radius 2 is 2.16 bits per heavy atom. The van der Waals surface area contributed by atoms with Crippen molar-refractivity contribution in [1.29, 1.82) is 0 Å². The number of nitrogens with two attached hydrogens (primary N) is 1. The van der Waals surface area contributed by atoms with E-state index in [1.54, 1.807) is 0 Å². The van der Waals surface area contributed by atoms with Crippen LogP contribution in [0.4, 0.5) is 4.39 Å². The van der Waals surface area contributed by atoms with Crippen molar-refractivity contribution in [3.05, 3.63) is 28.3 Å². The summed E-state index contributed by atoms with van der Waals surface area (Å²) >= 11 is 6.09. The highest BCUT2D eigenvalue weighted by atomic mass is 35.5. The lowest BCUT2D eigenvalue weighted by molar-refractivity contribution is 0.184. The van der Waals surface area contributed by atoms with Gasteiger partial charge in [-0.3, -0.25) is 0 Å². The number of fused-ring (bicyclic) bond motifs is 1. The van der Waals surface area contributed by atoms with Crippen molar-refractivity contribution in [2.45, 2.75) is 32.9 Å². The second-order valence-corrected chi connectivity index (χ2v) is 5.95. The van der Waals surface area contributed by atoms with Gasteiger partial charge < -0.3 is 10.5 Å². The SMILES string of the molecule is CC(C)C(CN)C(F)Cc1cc(Cl)cc2c1OCC2. The van der Waals surface area contributed by atoms with Gasteiger partial charge in [0.05, 0.1) is 6.61 Å². The Labute approximate surface area is 119 Å². The van der Waals surface area contributed by atoms with Gasteiger partial charge in [0.2, 0.25) is 0 Å². The number of hydrogen-bond donors (Lipinski definition) is 1. The Hall–Kier alpha value is -0.800. The molecule has 0 fully saturated rings. The summed E-state index contributed by atoms with van der Waals surface area (Å²) in [6.07, 6.45) is 0.213. The van der Waals surface area contributed by atoms with Crippen LogP contribution < -0.4 is 10.5 Å². The molecule has 2 rings (SSSR count). The maximum Gasteiger partial charge on any atom is 0.126 e. The van der Waals surface area contributed by atoms with Crippen LogP contribution in [0.3, 0.4) is 0 Å². The van der Waals surface area contributed by atoms with Crippen molar-refractivity contribution in [2.24, 2.45) is 17.6 Å². The first-order valence-electron chi connectivity index (χ1n) is 6.81. The van der Waals surface area contributed by atoms with E-state index in [-0.39, 0.29) is 11.8 Å². The Balaban J connectivity index is 2.19. The molecule has 0 radical (unpaired) electrons. The second kappa shape index (κ2) is 6.10.